The van der Waals surface area contributed by atoms with E-state index >= 15 is 0 Å². The molecule has 1 nitrogen and oxygen atoms in total. The smallest absolute Gasteiger partial charge is 1.00 e. The summed E-state index contributed by atoms with van der Waals surface area (Å²) in [5, 5.41) is 0.833. The zero-order valence-electron chi connectivity index (χ0n) is 12.2. The van der Waals surface area contributed by atoms with Crippen molar-refractivity contribution in [2.24, 2.45) is 0 Å². The molecule has 0 aromatic heterocycles. The topological polar surface area (TPSA) is 9.23 Å². The van der Waals surface area contributed by atoms with Crippen LogP contribution in [0.2, 0.25) is 5.02 Å². The maximum atomic E-state index is 6.21. The molecule has 0 aliphatic heterocycles. The largest absolute Gasteiger partial charge is 1.00 e. The van der Waals surface area contributed by atoms with Crippen LogP contribution in [0.3, 0.4) is 0 Å². The van der Waals surface area contributed by atoms with Crippen molar-refractivity contribution in [2.75, 3.05) is 6.61 Å². The van der Waals surface area contributed by atoms with Crippen molar-refractivity contribution in [2.45, 2.75) is 13.3 Å². The average molecular weight is 439 g/mol. The molecule has 104 valence electrons. The predicted octanol–water partition coefficient (Wildman–Crippen LogP) is -5.86. The molecule has 0 heterocycles. The van der Waals surface area contributed by atoms with Crippen molar-refractivity contribution in [3.8, 4) is 5.75 Å². The van der Waals surface area contributed by atoms with Crippen LogP contribution in [0.25, 0.3) is 0 Å². The van der Waals surface area contributed by atoms with E-state index in [1.807, 2.05) is 52.9 Å². The van der Waals surface area contributed by atoms with Crippen LogP contribution in [0.4, 0.5) is 0 Å². The van der Waals surface area contributed by atoms with Gasteiger partial charge >= 0.3 is 145 Å². The molecule has 0 bridgehead atoms. The summed E-state index contributed by atoms with van der Waals surface area (Å²) >= 11 is 8.08. The van der Waals surface area contributed by atoms with E-state index in [2.05, 4.69) is 18.2 Å². The fourth-order valence-electron chi connectivity index (χ4n) is 1.85. The number of hydrogen-bond acceptors (Lipinski definition) is 1. The van der Waals surface area contributed by atoms with Gasteiger partial charge in [0.15, 0.2) is 0 Å². The maximum absolute atomic E-state index is 6.21. The third kappa shape index (κ3) is 7.83. The molecule has 2 rings (SSSR count). The Hall–Kier alpha value is 0.914. The van der Waals surface area contributed by atoms with Gasteiger partial charge in [-0.1, -0.05) is 0 Å². The Balaban J connectivity index is 0. The summed E-state index contributed by atoms with van der Waals surface area (Å²) in [6, 6.07) is 14.3. The van der Waals surface area contributed by atoms with E-state index in [9.17, 15) is 0 Å². The Morgan fingerprint density at radius 1 is 1.10 bits per heavy atom. The number of rotatable bonds is 4. The van der Waals surface area contributed by atoms with Crippen LogP contribution in [0.1, 0.15) is 18.1 Å². The summed E-state index contributed by atoms with van der Waals surface area (Å²) in [6.45, 7) is 2.69. The minimum absolute atomic E-state index is 0. The summed E-state index contributed by atoms with van der Waals surface area (Å²) in [6.07, 6.45) is 0.859. The zero-order valence-corrected chi connectivity index (χ0v) is 17.3. The second kappa shape index (κ2) is 12.4. The SMILES string of the molecule is CCOc1ccc(Cc2c[c]([Mg+])ccc2Cl)cc1.[Cl-].[I-].[Li+]. The van der Waals surface area contributed by atoms with Gasteiger partial charge in [0.2, 0.25) is 0 Å². The summed E-state index contributed by atoms with van der Waals surface area (Å²) in [5.74, 6) is 0.915. The molecule has 0 atom stereocenters. The van der Waals surface area contributed by atoms with Gasteiger partial charge in [-0.05, 0) is 0 Å². The summed E-state index contributed by atoms with van der Waals surface area (Å²) in [5.41, 5.74) is 2.42. The standard InChI is InChI=1S/C15H14ClO.ClH.HI.Li.Mg/c1-2-17-14-9-7-12(8-10-14)11-13-5-3-4-6-15(13)16;;;;/h4-10H,2,11H2,1H3;2*1H;;/q;;;2*+1/p-2. The molecule has 0 saturated heterocycles. The quantitative estimate of drug-likeness (QED) is 0.341. The Morgan fingerprint density at radius 2 is 1.71 bits per heavy atom. The van der Waals surface area contributed by atoms with E-state index in [1.165, 1.54) is 14.8 Å². The minimum Gasteiger partial charge on any atom is -1.00 e. The van der Waals surface area contributed by atoms with Gasteiger partial charge in [0.1, 0.15) is 0 Å². The third-order valence-electron chi connectivity index (χ3n) is 2.74. The van der Waals surface area contributed by atoms with Gasteiger partial charge in [-0.25, -0.2) is 0 Å². The van der Waals surface area contributed by atoms with E-state index in [4.69, 9.17) is 16.3 Å². The molecular formula is C15H14Cl2ILiMgO. The van der Waals surface area contributed by atoms with Crippen LogP contribution >= 0.6 is 11.6 Å². The number of hydrogen-bond donors (Lipinski definition) is 0. The van der Waals surface area contributed by atoms with E-state index < -0.39 is 0 Å². The maximum Gasteiger partial charge on any atom is 1.00 e. The molecule has 0 aliphatic carbocycles. The van der Waals surface area contributed by atoms with Gasteiger partial charge in [0, 0.05) is 0 Å². The van der Waals surface area contributed by atoms with Crippen LogP contribution in [-0.4, -0.2) is 28.3 Å². The molecule has 0 N–H and O–H groups in total. The van der Waals surface area contributed by atoms with Gasteiger partial charge in [-0.2, -0.15) is 0 Å². The van der Waals surface area contributed by atoms with Crippen molar-refractivity contribution in [3.63, 3.8) is 0 Å². The number of benzene rings is 2. The monoisotopic (exact) mass is 438 g/mol. The average Bonchev–Trinajstić information content (AvgIpc) is 2.37. The fourth-order valence-corrected chi connectivity index (χ4v) is 2.40. The van der Waals surface area contributed by atoms with Crippen molar-refractivity contribution in [1.29, 1.82) is 0 Å². The van der Waals surface area contributed by atoms with Crippen LogP contribution in [0.5, 0.6) is 5.75 Å². The first-order chi connectivity index (χ1) is 8.69. The number of halogens is 3. The van der Waals surface area contributed by atoms with Gasteiger partial charge in [-0.3, -0.25) is 0 Å². The first-order valence-electron chi connectivity index (χ1n) is 6.01. The van der Waals surface area contributed by atoms with Crippen molar-refractivity contribution in [3.05, 3.63) is 58.6 Å². The molecule has 0 saturated carbocycles. The van der Waals surface area contributed by atoms with Crippen molar-refractivity contribution < 1.29 is 60.0 Å². The van der Waals surface area contributed by atoms with Gasteiger partial charge in [0.25, 0.3) is 0 Å². The van der Waals surface area contributed by atoms with Crippen molar-refractivity contribution >= 4 is 37.0 Å². The zero-order chi connectivity index (χ0) is 13.0. The minimum atomic E-state index is 0. The molecule has 0 amide bonds. The van der Waals surface area contributed by atoms with Crippen LogP contribution in [0.15, 0.2) is 42.5 Å². The number of ether oxygens (including phenoxy) is 1. The Bertz CT molecular complexity index is 538. The van der Waals surface area contributed by atoms with Crippen molar-refractivity contribution in [1.82, 2.24) is 0 Å². The van der Waals surface area contributed by atoms with Gasteiger partial charge < -0.3 is 36.4 Å². The molecule has 2 aromatic rings. The summed E-state index contributed by atoms with van der Waals surface area (Å²) < 4.78 is 6.69. The van der Waals surface area contributed by atoms with E-state index in [0.29, 0.717) is 6.61 Å². The summed E-state index contributed by atoms with van der Waals surface area (Å²) in [4.78, 5) is 0. The molecule has 0 unspecified atom stereocenters. The second-order valence-corrected chi connectivity index (χ2v) is 5.40. The fraction of sp³-hybridized carbons (Fsp3) is 0.200. The Morgan fingerprint density at radius 3 is 2.29 bits per heavy atom. The van der Waals surface area contributed by atoms with E-state index in [1.54, 1.807) is 0 Å². The molecule has 0 fully saturated rings. The first kappa shape index (κ1) is 24.2. The Labute approximate surface area is 179 Å². The third-order valence-corrected chi connectivity index (χ3v) is 3.55. The molecule has 21 heavy (non-hydrogen) atoms. The first-order valence-corrected chi connectivity index (χ1v) is 7.09. The van der Waals surface area contributed by atoms with Crippen LogP contribution < -0.4 is 63.7 Å². The van der Waals surface area contributed by atoms with E-state index in [-0.39, 0.29) is 55.2 Å². The molecular weight excluding hydrogens is 425 g/mol. The van der Waals surface area contributed by atoms with E-state index in [0.717, 1.165) is 17.2 Å². The van der Waals surface area contributed by atoms with Gasteiger partial charge in [-0.15, -0.1) is 0 Å². The molecule has 6 heteroatoms. The normalized spacial score (nSPS) is 8.95. The Kier molecular flexibility index (Phi) is 14.2. The molecule has 0 aliphatic rings. The molecule has 2 aromatic carbocycles. The van der Waals surface area contributed by atoms with Crippen LogP contribution in [0, 0.1) is 0 Å². The second-order valence-electron chi connectivity index (χ2n) is 4.18. The van der Waals surface area contributed by atoms with Crippen LogP contribution in [-0.2, 0) is 6.42 Å². The van der Waals surface area contributed by atoms with Gasteiger partial charge in [0.05, 0.1) is 0 Å². The summed E-state index contributed by atoms with van der Waals surface area (Å²) in [7, 11) is 0. The molecule has 0 radical (unpaired) electrons. The predicted molar refractivity (Wildman–Crippen MR) is 77.3 cm³/mol. The molecule has 0 spiro atoms.